The van der Waals surface area contributed by atoms with Gasteiger partial charge in [0.1, 0.15) is 0 Å². The van der Waals surface area contributed by atoms with Gasteiger partial charge in [-0.1, -0.05) is 13.3 Å². The number of hydrogen-bond acceptors (Lipinski definition) is 3. The molecule has 0 atom stereocenters. The largest absolute Gasteiger partial charge is 0.476 e. The zero-order valence-corrected chi connectivity index (χ0v) is 7.91. The van der Waals surface area contributed by atoms with E-state index in [1.54, 1.807) is 0 Å². The third kappa shape index (κ3) is 2.42. The second kappa shape index (κ2) is 4.55. The summed E-state index contributed by atoms with van der Waals surface area (Å²) in [5.74, 6) is -1.30. The minimum absolute atomic E-state index is 0.453. The van der Waals surface area contributed by atoms with Crippen LogP contribution in [-0.4, -0.2) is 21.0 Å². The van der Waals surface area contributed by atoms with Gasteiger partial charge >= 0.3 is 5.97 Å². The van der Waals surface area contributed by atoms with E-state index >= 15 is 0 Å². The number of rotatable bonds is 4. The van der Waals surface area contributed by atoms with Crippen molar-refractivity contribution in [1.29, 1.82) is 0 Å². The Morgan fingerprint density at radius 1 is 1.64 bits per heavy atom. The van der Waals surface area contributed by atoms with Crippen molar-refractivity contribution in [2.45, 2.75) is 26.2 Å². The summed E-state index contributed by atoms with van der Waals surface area (Å²) in [6.07, 6.45) is 4.09. The first-order valence-electron chi connectivity index (χ1n) is 4.46. The summed E-state index contributed by atoms with van der Waals surface area (Å²) < 4.78 is 0. The lowest BCUT2D eigenvalue weighted by atomic mass is 10.2. The van der Waals surface area contributed by atoms with Gasteiger partial charge in [-0.15, -0.1) is 0 Å². The zero-order valence-electron chi connectivity index (χ0n) is 7.91. The van der Waals surface area contributed by atoms with Gasteiger partial charge in [0.05, 0.1) is 0 Å². The first kappa shape index (κ1) is 10.4. The van der Waals surface area contributed by atoms with Gasteiger partial charge in [0.15, 0.2) is 0 Å². The van der Waals surface area contributed by atoms with E-state index in [0.717, 1.165) is 19.3 Å². The van der Waals surface area contributed by atoms with Crippen LogP contribution in [0.5, 0.6) is 0 Å². The summed E-state index contributed by atoms with van der Waals surface area (Å²) in [7, 11) is 0. The van der Waals surface area contributed by atoms with Gasteiger partial charge in [-0.25, -0.2) is 9.78 Å². The maximum absolute atomic E-state index is 11.1. The van der Waals surface area contributed by atoms with Crippen LogP contribution >= 0.6 is 0 Å². The average molecular weight is 196 g/mol. The van der Waals surface area contributed by atoms with Crippen molar-refractivity contribution < 1.29 is 9.90 Å². The zero-order chi connectivity index (χ0) is 10.6. The Morgan fingerprint density at radius 3 is 2.86 bits per heavy atom. The molecule has 0 saturated carbocycles. The van der Waals surface area contributed by atoms with Gasteiger partial charge in [-0.3, -0.25) is 4.79 Å². The van der Waals surface area contributed by atoms with Crippen LogP contribution in [-0.2, 0) is 6.42 Å². The van der Waals surface area contributed by atoms with Crippen molar-refractivity contribution in [2.75, 3.05) is 0 Å². The third-order valence-corrected chi connectivity index (χ3v) is 1.84. The highest BCUT2D eigenvalue weighted by Gasteiger charge is 2.09. The molecule has 0 unspecified atom stereocenters. The number of carbonyl (C=O) groups is 1. The van der Waals surface area contributed by atoms with E-state index in [-0.39, 0.29) is 0 Å². The van der Waals surface area contributed by atoms with Crippen molar-refractivity contribution >= 4 is 5.97 Å². The Hall–Kier alpha value is -1.65. The summed E-state index contributed by atoms with van der Waals surface area (Å²) in [5, 5.41) is 8.55. The second-order valence-electron chi connectivity index (χ2n) is 2.99. The average Bonchev–Trinajstić information content (AvgIpc) is 2.14. The van der Waals surface area contributed by atoms with Crippen LogP contribution in [0, 0.1) is 0 Å². The summed E-state index contributed by atoms with van der Waals surface area (Å²) >= 11 is 0. The van der Waals surface area contributed by atoms with Gasteiger partial charge in [0, 0.05) is 11.9 Å². The molecule has 76 valence electrons. The summed E-state index contributed by atoms with van der Waals surface area (Å²) in [4.78, 5) is 27.7. The number of aromatic carboxylic acids is 1. The van der Waals surface area contributed by atoms with Crippen LogP contribution in [0.15, 0.2) is 11.0 Å². The lowest BCUT2D eigenvalue weighted by Crippen LogP contribution is -2.21. The SMILES string of the molecule is CCCCc1cnc(C(=O)O)c(=O)[nH]1. The maximum Gasteiger partial charge on any atom is 0.360 e. The molecule has 14 heavy (non-hydrogen) atoms. The van der Waals surface area contributed by atoms with Gasteiger partial charge in [0.25, 0.3) is 5.56 Å². The molecule has 0 fully saturated rings. The maximum atomic E-state index is 11.1. The number of nitrogens with one attached hydrogen (secondary N) is 1. The standard InChI is InChI=1S/C9H12N2O3/c1-2-3-4-6-5-10-7(9(13)14)8(12)11-6/h5H,2-4H2,1H3,(H,11,12)(H,13,14). The number of aromatic nitrogens is 2. The number of aryl methyl sites for hydroxylation is 1. The van der Waals surface area contributed by atoms with Crippen LogP contribution in [0.1, 0.15) is 35.9 Å². The van der Waals surface area contributed by atoms with E-state index in [2.05, 4.69) is 9.97 Å². The normalized spacial score (nSPS) is 10.1. The van der Waals surface area contributed by atoms with Crippen molar-refractivity contribution in [2.24, 2.45) is 0 Å². The molecule has 2 N–H and O–H groups in total. The molecule has 0 spiro atoms. The fraction of sp³-hybridized carbons (Fsp3) is 0.444. The summed E-state index contributed by atoms with van der Waals surface area (Å²) in [6.45, 7) is 2.04. The van der Waals surface area contributed by atoms with Crippen LogP contribution in [0.2, 0.25) is 0 Å². The topological polar surface area (TPSA) is 83.0 Å². The van der Waals surface area contributed by atoms with Crippen LogP contribution in [0.25, 0.3) is 0 Å². The Kier molecular flexibility index (Phi) is 3.39. The molecule has 0 aromatic carbocycles. The van der Waals surface area contributed by atoms with Crippen molar-refractivity contribution in [3.63, 3.8) is 0 Å². The van der Waals surface area contributed by atoms with Crippen LogP contribution in [0.4, 0.5) is 0 Å². The first-order valence-corrected chi connectivity index (χ1v) is 4.46. The highest BCUT2D eigenvalue weighted by molar-refractivity contribution is 5.84. The molecule has 1 rings (SSSR count). The number of aromatic amines is 1. The molecule has 0 bridgehead atoms. The molecule has 1 aromatic heterocycles. The highest BCUT2D eigenvalue weighted by atomic mass is 16.4. The molecule has 0 aliphatic rings. The Morgan fingerprint density at radius 2 is 2.36 bits per heavy atom. The predicted octanol–water partition coefficient (Wildman–Crippen LogP) is 0.811. The lowest BCUT2D eigenvalue weighted by molar-refractivity contribution is 0.0688. The van der Waals surface area contributed by atoms with Gasteiger partial charge < -0.3 is 10.1 Å². The number of carboxylic acids is 1. The lowest BCUT2D eigenvalue weighted by Gasteiger charge is -1.99. The molecule has 5 heteroatoms. The van der Waals surface area contributed by atoms with Gasteiger partial charge in [-0.2, -0.15) is 0 Å². The molecule has 1 heterocycles. The van der Waals surface area contributed by atoms with Crippen LogP contribution < -0.4 is 5.56 Å². The molecule has 0 amide bonds. The Balaban J connectivity index is 2.89. The Labute approximate surface area is 80.8 Å². The van der Waals surface area contributed by atoms with E-state index < -0.39 is 17.2 Å². The highest BCUT2D eigenvalue weighted by Crippen LogP contribution is 1.98. The number of carboxylic acid groups (broad SMARTS) is 1. The molecule has 0 saturated heterocycles. The van der Waals surface area contributed by atoms with Crippen molar-refractivity contribution in [3.05, 3.63) is 27.9 Å². The molecule has 0 radical (unpaired) electrons. The molecular formula is C9H12N2O3. The van der Waals surface area contributed by atoms with E-state index in [4.69, 9.17) is 5.11 Å². The minimum atomic E-state index is -1.30. The third-order valence-electron chi connectivity index (χ3n) is 1.84. The van der Waals surface area contributed by atoms with E-state index in [1.165, 1.54) is 6.20 Å². The van der Waals surface area contributed by atoms with Crippen molar-refractivity contribution in [1.82, 2.24) is 9.97 Å². The first-order chi connectivity index (χ1) is 6.65. The number of hydrogen-bond donors (Lipinski definition) is 2. The summed E-state index contributed by atoms with van der Waals surface area (Å²) in [5.41, 5.74) is -0.404. The summed E-state index contributed by atoms with van der Waals surface area (Å²) in [6, 6.07) is 0. The number of unbranched alkanes of at least 4 members (excludes halogenated alkanes) is 1. The van der Waals surface area contributed by atoms with E-state index in [9.17, 15) is 9.59 Å². The van der Waals surface area contributed by atoms with Crippen LogP contribution in [0.3, 0.4) is 0 Å². The van der Waals surface area contributed by atoms with Gasteiger partial charge in [0.2, 0.25) is 5.69 Å². The molecule has 0 aliphatic carbocycles. The molecule has 1 aromatic rings. The Bertz CT molecular complexity index is 384. The fourth-order valence-corrected chi connectivity index (χ4v) is 1.09. The molecular weight excluding hydrogens is 184 g/mol. The predicted molar refractivity (Wildman–Crippen MR) is 50.4 cm³/mol. The quantitative estimate of drug-likeness (QED) is 0.746. The number of H-pyrrole nitrogens is 1. The number of nitrogens with zero attached hydrogens (tertiary/aromatic N) is 1. The smallest absolute Gasteiger partial charge is 0.360 e. The molecule has 5 nitrogen and oxygen atoms in total. The van der Waals surface area contributed by atoms with E-state index in [0.29, 0.717) is 5.69 Å². The van der Waals surface area contributed by atoms with Gasteiger partial charge in [-0.05, 0) is 12.8 Å². The van der Waals surface area contributed by atoms with E-state index in [1.807, 2.05) is 6.92 Å². The minimum Gasteiger partial charge on any atom is -0.476 e. The second-order valence-corrected chi connectivity index (χ2v) is 2.99. The van der Waals surface area contributed by atoms with Crippen molar-refractivity contribution in [3.8, 4) is 0 Å². The monoisotopic (exact) mass is 196 g/mol. The molecule has 0 aliphatic heterocycles. The fourth-order valence-electron chi connectivity index (χ4n) is 1.09.